The maximum atomic E-state index is 5.37. The van der Waals surface area contributed by atoms with Crippen LogP contribution in [0.25, 0.3) is 0 Å². The van der Waals surface area contributed by atoms with Gasteiger partial charge in [0.1, 0.15) is 0 Å². The molecule has 68 valence electrons. The second-order valence-corrected chi connectivity index (χ2v) is 3.25. The summed E-state index contributed by atoms with van der Waals surface area (Å²) in [6.45, 7) is 4.62. The van der Waals surface area contributed by atoms with Gasteiger partial charge in [-0.25, -0.2) is 0 Å². The Morgan fingerprint density at radius 3 is 2.92 bits per heavy atom. The van der Waals surface area contributed by atoms with E-state index in [1.54, 1.807) is 0 Å². The van der Waals surface area contributed by atoms with Crippen LogP contribution in [0.1, 0.15) is 6.92 Å². The molecule has 0 aromatic carbocycles. The molecule has 1 rings (SSSR count). The van der Waals surface area contributed by atoms with Crippen LogP contribution < -0.4 is 16.4 Å². The summed E-state index contributed by atoms with van der Waals surface area (Å²) in [7, 11) is 0. The molecule has 0 saturated heterocycles. The van der Waals surface area contributed by atoms with Crippen LogP contribution in [-0.4, -0.2) is 25.2 Å². The van der Waals surface area contributed by atoms with Crippen molar-refractivity contribution in [3.63, 3.8) is 0 Å². The molecule has 0 saturated carbocycles. The van der Waals surface area contributed by atoms with Crippen molar-refractivity contribution in [3.8, 4) is 0 Å². The van der Waals surface area contributed by atoms with Crippen molar-refractivity contribution in [1.82, 2.24) is 10.6 Å². The topological polar surface area (TPSA) is 50.1 Å². The van der Waals surface area contributed by atoms with Crippen LogP contribution in [0.5, 0.6) is 0 Å². The lowest BCUT2D eigenvalue weighted by molar-refractivity contribution is 0.455. The lowest BCUT2D eigenvalue weighted by atomic mass is 10.0. The molecule has 0 aromatic heterocycles. The number of allylic oxidation sites excluding steroid dienone is 2. The van der Waals surface area contributed by atoms with Gasteiger partial charge in [0.25, 0.3) is 0 Å². The van der Waals surface area contributed by atoms with Crippen molar-refractivity contribution in [3.05, 3.63) is 24.4 Å². The Labute approximate surface area is 73.7 Å². The first-order valence-electron chi connectivity index (χ1n) is 4.30. The highest BCUT2D eigenvalue weighted by Gasteiger charge is 2.18. The minimum atomic E-state index is 0.0456. The van der Waals surface area contributed by atoms with E-state index in [0.29, 0.717) is 6.54 Å². The molecule has 1 atom stereocenters. The van der Waals surface area contributed by atoms with Gasteiger partial charge in [0, 0.05) is 19.6 Å². The molecule has 1 heterocycles. The summed E-state index contributed by atoms with van der Waals surface area (Å²) in [5.74, 6) is 0. The smallest absolute Gasteiger partial charge is 0.0649 e. The van der Waals surface area contributed by atoms with Gasteiger partial charge < -0.3 is 16.4 Å². The maximum absolute atomic E-state index is 5.37. The molecule has 4 N–H and O–H groups in total. The van der Waals surface area contributed by atoms with Gasteiger partial charge in [-0.05, 0) is 19.2 Å². The van der Waals surface area contributed by atoms with E-state index in [4.69, 9.17) is 5.73 Å². The molecule has 0 fully saturated rings. The van der Waals surface area contributed by atoms with E-state index in [1.165, 1.54) is 0 Å². The molecule has 0 amide bonds. The lowest BCUT2D eigenvalue weighted by Crippen LogP contribution is -2.47. The van der Waals surface area contributed by atoms with Crippen LogP contribution in [0.2, 0.25) is 0 Å². The van der Waals surface area contributed by atoms with Crippen molar-refractivity contribution in [2.24, 2.45) is 5.73 Å². The summed E-state index contributed by atoms with van der Waals surface area (Å²) in [5, 5.41) is 6.56. The van der Waals surface area contributed by atoms with Crippen molar-refractivity contribution in [2.45, 2.75) is 12.5 Å². The number of nitrogens with two attached hydrogens (primary N) is 1. The van der Waals surface area contributed by atoms with Gasteiger partial charge in [0.2, 0.25) is 0 Å². The maximum Gasteiger partial charge on any atom is 0.0649 e. The van der Waals surface area contributed by atoms with Gasteiger partial charge in [0.05, 0.1) is 5.54 Å². The standard InChI is InChI=1S/C9H17N3/c1-9(8-11-7-5-10)4-2-3-6-12-9/h2-4,6,11-12H,5,7-8,10H2,1H3. The van der Waals surface area contributed by atoms with E-state index in [9.17, 15) is 0 Å². The molecule has 3 nitrogen and oxygen atoms in total. The van der Waals surface area contributed by atoms with Crippen molar-refractivity contribution in [1.29, 1.82) is 0 Å². The molecule has 3 heteroatoms. The number of nitrogens with one attached hydrogen (secondary N) is 2. The third-order valence-electron chi connectivity index (χ3n) is 1.90. The summed E-state index contributed by atoms with van der Waals surface area (Å²) < 4.78 is 0. The molecule has 0 aromatic rings. The number of hydrogen-bond acceptors (Lipinski definition) is 3. The van der Waals surface area contributed by atoms with E-state index in [2.05, 4.69) is 29.7 Å². The van der Waals surface area contributed by atoms with E-state index in [0.717, 1.165) is 13.1 Å². The van der Waals surface area contributed by atoms with Crippen LogP contribution >= 0.6 is 0 Å². The zero-order valence-electron chi connectivity index (χ0n) is 7.51. The minimum Gasteiger partial charge on any atom is -0.381 e. The number of hydrogen-bond donors (Lipinski definition) is 3. The Balaban J connectivity index is 2.29. The largest absolute Gasteiger partial charge is 0.381 e. The SMILES string of the molecule is CC1(CNCCN)C=CC=CN1. The Hall–Kier alpha value is -0.800. The van der Waals surface area contributed by atoms with Crippen LogP contribution in [0.4, 0.5) is 0 Å². The lowest BCUT2D eigenvalue weighted by Gasteiger charge is -2.28. The molecule has 1 unspecified atom stereocenters. The van der Waals surface area contributed by atoms with Crippen LogP contribution in [0.3, 0.4) is 0 Å². The molecule has 0 radical (unpaired) electrons. The molecule has 1 aliphatic heterocycles. The monoisotopic (exact) mass is 167 g/mol. The predicted molar refractivity (Wildman–Crippen MR) is 51.7 cm³/mol. The quantitative estimate of drug-likeness (QED) is 0.515. The van der Waals surface area contributed by atoms with E-state index in [-0.39, 0.29) is 5.54 Å². The van der Waals surface area contributed by atoms with Crippen LogP contribution in [-0.2, 0) is 0 Å². The second-order valence-electron chi connectivity index (χ2n) is 3.25. The first-order chi connectivity index (χ1) is 5.77. The Morgan fingerprint density at radius 1 is 1.50 bits per heavy atom. The van der Waals surface area contributed by atoms with Crippen molar-refractivity contribution in [2.75, 3.05) is 19.6 Å². The highest BCUT2D eigenvalue weighted by Crippen LogP contribution is 2.07. The summed E-state index contributed by atoms with van der Waals surface area (Å²) in [4.78, 5) is 0. The Bertz CT molecular complexity index is 186. The van der Waals surface area contributed by atoms with Crippen LogP contribution in [0, 0.1) is 0 Å². The Morgan fingerprint density at radius 2 is 2.33 bits per heavy atom. The summed E-state index contributed by atoms with van der Waals surface area (Å²) >= 11 is 0. The highest BCUT2D eigenvalue weighted by molar-refractivity contribution is 5.18. The molecule has 0 bridgehead atoms. The zero-order chi connectivity index (χ0) is 8.86. The molecular formula is C9H17N3. The fourth-order valence-electron chi connectivity index (χ4n) is 1.17. The normalized spacial score (nSPS) is 27.2. The fourth-order valence-corrected chi connectivity index (χ4v) is 1.17. The van der Waals surface area contributed by atoms with Gasteiger partial charge in [-0.15, -0.1) is 0 Å². The zero-order valence-corrected chi connectivity index (χ0v) is 7.51. The first-order valence-corrected chi connectivity index (χ1v) is 4.30. The third kappa shape index (κ3) is 2.68. The van der Waals surface area contributed by atoms with E-state index < -0.39 is 0 Å². The van der Waals surface area contributed by atoms with Crippen molar-refractivity contribution < 1.29 is 0 Å². The van der Waals surface area contributed by atoms with Gasteiger partial charge in [-0.2, -0.15) is 0 Å². The summed E-state index contributed by atoms with van der Waals surface area (Å²) in [5.41, 5.74) is 5.42. The van der Waals surface area contributed by atoms with E-state index in [1.807, 2.05) is 12.3 Å². The summed E-state index contributed by atoms with van der Waals surface area (Å²) in [6, 6.07) is 0. The van der Waals surface area contributed by atoms with E-state index >= 15 is 0 Å². The number of dihydropyridines is 1. The Kier molecular flexibility index (Phi) is 3.31. The van der Waals surface area contributed by atoms with Gasteiger partial charge in [0.15, 0.2) is 0 Å². The fraction of sp³-hybridized carbons (Fsp3) is 0.556. The molecular weight excluding hydrogens is 150 g/mol. The van der Waals surface area contributed by atoms with Crippen LogP contribution in [0.15, 0.2) is 24.4 Å². The average Bonchev–Trinajstić information content (AvgIpc) is 2.06. The molecule has 0 aliphatic carbocycles. The molecule has 0 spiro atoms. The minimum absolute atomic E-state index is 0.0456. The van der Waals surface area contributed by atoms with Gasteiger partial charge in [-0.3, -0.25) is 0 Å². The average molecular weight is 167 g/mol. The van der Waals surface area contributed by atoms with Gasteiger partial charge >= 0.3 is 0 Å². The molecule has 12 heavy (non-hydrogen) atoms. The van der Waals surface area contributed by atoms with Crippen molar-refractivity contribution >= 4 is 0 Å². The molecule has 1 aliphatic rings. The first kappa shape index (κ1) is 9.29. The number of rotatable bonds is 4. The van der Waals surface area contributed by atoms with Gasteiger partial charge in [-0.1, -0.05) is 12.2 Å². The predicted octanol–water partition coefficient (Wildman–Crippen LogP) is -0.0335. The highest BCUT2D eigenvalue weighted by atomic mass is 15.0. The third-order valence-corrected chi connectivity index (χ3v) is 1.90. The summed E-state index contributed by atoms with van der Waals surface area (Å²) in [6.07, 6.45) is 8.16. The second kappa shape index (κ2) is 4.28.